The van der Waals surface area contributed by atoms with Gasteiger partial charge in [-0.2, -0.15) is 13.2 Å². The standard InChI is InChI=1S/C23H16F4O4/c1-14-2-4-15(5-3-14)21(28)30-18-9-6-16(7-10-18)22(29)31-19-11-8-17(20(24)12-19)13-23(25,26)27/h2-12H,13H2,1H3. The van der Waals surface area contributed by atoms with Gasteiger partial charge in [-0.1, -0.05) is 23.8 Å². The lowest BCUT2D eigenvalue weighted by Gasteiger charge is -2.10. The minimum absolute atomic E-state index is 0.0786. The topological polar surface area (TPSA) is 52.6 Å². The molecule has 3 rings (SSSR count). The molecule has 0 aliphatic rings. The van der Waals surface area contributed by atoms with Crippen LogP contribution in [0.4, 0.5) is 17.6 Å². The minimum atomic E-state index is -4.55. The highest BCUT2D eigenvalue weighted by atomic mass is 19.4. The van der Waals surface area contributed by atoms with Crippen LogP contribution < -0.4 is 9.47 Å². The average molecular weight is 432 g/mol. The van der Waals surface area contributed by atoms with Crippen molar-refractivity contribution in [2.24, 2.45) is 0 Å². The number of carbonyl (C=O) groups excluding carboxylic acids is 2. The van der Waals surface area contributed by atoms with Crippen LogP contribution in [0, 0.1) is 12.7 Å². The summed E-state index contributed by atoms with van der Waals surface area (Å²) in [7, 11) is 0. The molecule has 3 aromatic rings. The van der Waals surface area contributed by atoms with E-state index in [2.05, 4.69) is 0 Å². The molecule has 8 heteroatoms. The second-order valence-corrected chi connectivity index (χ2v) is 6.71. The third-order valence-electron chi connectivity index (χ3n) is 4.21. The van der Waals surface area contributed by atoms with Crippen molar-refractivity contribution in [1.82, 2.24) is 0 Å². The lowest BCUT2D eigenvalue weighted by molar-refractivity contribution is -0.127. The van der Waals surface area contributed by atoms with Crippen molar-refractivity contribution in [1.29, 1.82) is 0 Å². The molecule has 0 aliphatic heterocycles. The summed E-state index contributed by atoms with van der Waals surface area (Å²) in [4.78, 5) is 24.3. The molecule has 0 saturated heterocycles. The van der Waals surface area contributed by atoms with E-state index in [4.69, 9.17) is 9.47 Å². The van der Waals surface area contributed by atoms with Crippen molar-refractivity contribution in [2.45, 2.75) is 19.5 Å². The first kappa shape index (κ1) is 22.0. The number of hydrogen-bond acceptors (Lipinski definition) is 4. The SMILES string of the molecule is Cc1ccc(C(=O)Oc2ccc(C(=O)Oc3ccc(CC(F)(F)F)c(F)c3)cc2)cc1. The van der Waals surface area contributed by atoms with E-state index in [9.17, 15) is 27.2 Å². The molecular formula is C23H16F4O4. The highest BCUT2D eigenvalue weighted by Gasteiger charge is 2.29. The first-order chi connectivity index (χ1) is 14.6. The molecule has 0 N–H and O–H groups in total. The Morgan fingerprint density at radius 2 is 1.26 bits per heavy atom. The first-order valence-corrected chi connectivity index (χ1v) is 9.07. The number of ether oxygens (including phenoxy) is 2. The van der Waals surface area contributed by atoms with Crippen LogP contribution in [0.5, 0.6) is 11.5 Å². The number of esters is 2. The van der Waals surface area contributed by atoms with Crippen LogP contribution >= 0.6 is 0 Å². The predicted octanol–water partition coefficient (Wildman–Crippen LogP) is 5.68. The number of alkyl halides is 3. The van der Waals surface area contributed by atoms with E-state index in [-0.39, 0.29) is 17.1 Å². The maximum atomic E-state index is 13.8. The van der Waals surface area contributed by atoms with Gasteiger partial charge in [0.15, 0.2) is 0 Å². The van der Waals surface area contributed by atoms with Crippen molar-refractivity contribution in [3.63, 3.8) is 0 Å². The van der Waals surface area contributed by atoms with Crippen LogP contribution in [0.1, 0.15) is 31.8 Å². The van der Waals surface area contributed by atoms with Crippen molar-refractivity contribution in [3.05, 3.63) is 94.8 Å². The molecule has 0 fully saturated rings. The lowest BCUT2D eigenvalue weighted by atomic mass is 10.1. The van der Waals surface area contributed by atoms with E-state index < -0.39 is 35.9 Å². The molecule has 0 atom stereocenters. The number of carbonyl (C=O) groups is 2. The number of rotatable bonds is 5. The van der Waals surface area contributed by atoms with Crippen molar-refractivity contribution < 1.29 is 36.6 Å². The van der Waals surface area contributed by atoms with Crippen molar-refractivity contribution in [2.75, 3.05) is 0 Å². The fourth-order valence-corrected chi connectivity index (χ4v) is 2.63. The monoisotopic (exact) mass is 432 g/mol. The zero-order valence-electron chi connectivity index (χ0n) is 16.2. The molecule has 3 aromatic carbocycles. The summed E-state index contributed by atoms with van der Waals surface area (Å²) in [5.74, 6) is -2.57. The lowest BCUT2D eigenvalue weighted by Crippen LogP contribution is -2.13. The Morgan fingerprint density at radius 1 is 0.774 bits per heavy atom. The van der Waals surface area contributed by atoms with E-state index in [0.29, 0.717) is 5.56 Å². The van der Waals surface area contributed by atoms with Gasteiger partial charge in [0.05, 0.1) is 17.5 Å². The number of hydrogen-bond donors (Lipinski definition) is 0. The van der Waals surface area contributed by atoms with Gasteiger partial charge < -0.3 is 9.47 Å². The third-order valence-corrected chi connectivity index (χ3v) is 4.21. The summed E-state index contributed by atoms with van der Waals surface area (Å²) in [5, 5.41) is 0. The Hall–Kier alpha value is -3.68. The van der Waals surface area contributed by atoms with E-state index in [1.165, 1.54) is 24.3 Å². The van der Waals surface area contributed by atoms with Gasteiger partial charge in [0.2, 0.25) is 0 Å². The minimum Gasteiger partial charge on any atom is -0.423 e. The van der Waals surface area contributed by atoms with Gasteiger partial charge in [0, 0.05) is 6.07 Å². The molecule has 0 saturated carbocycles. The van der Waals surface area contributed by atoms with E-state index >= 15 is 0 Å². The zero-order chi connectivity index (χ0) is 22.6. The quantitative estimate of drug-likeness (QED) is 0.296. The molecule has 31 heavy (non-hydrogen) atoms. The fourth-order valence-electron chi connectivity index (χ4n) is 2.63. The summed E-state index contributed by atoms with van der Waals surface area (Å²) in [5.41, 5.74) is 0.890. The zero-order valence-corrected chi connectivity index (χ0v) is 16.2. The Labute approximate surface area is 175 Å². The van der Waals surface area contributed by atoms with Crippen LogP contribution in [0.15, 0.2) is 66.7 Å². The maximum absolute atomic E-state index is 13.8. The maximum Gasteiger partial charge on any atom is 0.393 e. The largest absolute Gasteiger partial charge is 0.423 e. The molecule has 0 unspecified atom stereocenters. The summed E-state index contributed by atoms with van der Waals surface area (Å²) in [6.45, 7) is 1.89. The molecule has 0 bridgehead atoms. The van der Waals surface area contributed by atoms with E-state index in [1.54, 1.807) is 24.3 Å². The number of aryl methyl sites for hydroxylation is 1. The number of halogens is 4. The van der Waals surface area contributed by atoms with Gasteiger partial charge in [0.1, 0.15) is 17.3 Å². The van der Waals surface area contributed by atoms with Gasteiger partial charge in [-0.15, -0.1) is 0 Å². The van der Waals surface area contributed by atoms with Crippen LogP contribution in [-0.4, -0.2) is 18.1 Å². The molecule has 4 nitrogen and oxygen atoms in total. The van der Waals surface area contributed by atoms with Gasteiger partial charge >= 0.3 is 18.1 Å². The third kappa shape index (κ3) is 6.15. The van der Waals surface area contributed by atoms with Crippen molar-refractivity contribution >= 4 is 11.9 Å². The molecule has 0 radical (unpaired) electrons. The smallest absolute Gasteiger partial charge is 0.393 e. The van der Waals surface area contributed by atoms with Crippen molar-refractivity contribution in [3.8, 4) is 11.5 Å². The molecule has 0 aliphatic carbocycles. The van der Waals surface area contributed by atoms with Crippen LogP contribution in [0.25, 0.3) is 0 Å². The summed E-state index contributed by atoms with van der Waals surface area (Å²) in [6, 6.07) is 15.0. The Bertz CT molecular complexity index is 1090. The van der Waals surface area contributed by atoms with E-state index in [0.717, 1.165) is 23.8 Å². The highest BCUT2D eigenvalue weighted by molar-refractivity contribution is 5.92. The normalized spacial score (nSPS) is 11.1. The van der Waals surface area contributed by atoms with Crippen LogP contribution in [0.2, 0.25) is 0 Å². The molecule has 0 amide bonds. The molecule has 0 aromatic heterocycles. The fraction of sp³-hybridized carbons (Fsp3) is 0.130. The molecule has 160 valence electrons. The first-order valence-electron chi connectivity index (χ1n) is 9.07. The molecule has 0 spiro atoms. The Morgan fingerprint density at radius 3 is 1.77 bits per heavy atom. The second-order valence-electron chi connectivity index (χ2n) is 6.71. The second kappa shape index (κ2) is 8.99. The average Bonchev–Trinajstić information content (AvgIpc) is 2.70. The van der Waals surface area contributed by atoms with Crippen LogP contribution in [0.3, 0.4) is 0 Å². The predicted molar refractivity (Wildman–Crippen MR) is 104 cm³/mol. The summed E-state index contributed by atoms with van der Waals surface area (Å²) in [6.07, 6.45) is -5.97. The number of benzene rings is 3. The van der Waals surface area contributed by atoms with Crippen LogP contribution in [-0.2, 0) is 6.42 Å². The molecule has 0 heterocycles. The molecular weight excluding hydrogens is 416 g/mol. The summed E-state index contributed by atoms with van der Waals surface area (Å²) < 4.78 is 61.2. The van der Waals surface area contributed by atoms with Gasteiger partial charge in [-0.25, -0.2) is 14.0 Å². The van der Waals surface area contributed by atoms with Gasteiger partial charge in [-0.3, -0.25) is 0 Å². The van der Waals surface area contributed by atoms with Gasteiger partial charge in [0.25, 0.3) is 0 Å². The van der Waals surface area contributed by atoms with E-state index in [1.807, 2.05) is 6.92 Å². The van der Waals surface area contributed by atoms with Gasteiger partial charge in [-0.05, 0) is 55.0 Å². The Kier molecular flexibility index (Phi) is 6.39. The highest BCUT2D eigenvalue weighted by Crippen LogP contribution is 2.26. The Balaban J connectivity index is 1.63. The summed E-state index contributed by atoms with van der Waals surface area (Å²) >= 11 is 0.